The number of pyridine rings is 1. The van der Waals surface area contributed by atoms with Crippen molar-refractivity contribution in [3.63, 3.8) is 0 Å². The molecule has 1 heterocycles. The molecule has 0 saturated carbocycles. The van der Waals surface area contributed by atoms with Gasteiger partial charge in [0.1, 0.15) is 0 Å². The van der Waals surface area contributed by atoms with Gasteiger partial charge in [0, 0.05) is 35.0 Å². The Morgan fingerprint density at radius 1 is 1.00 bits per heavy atom. The first-order valence-electron chi connectivity index (χ1n) is 5.23. The Morgan fingerprint density at radius 2 is 1.75 bits per heavy atom. The molecule has 90 valence electrons. The van der Waals surface area contributed by atoms with E-state index in [-0.39, 0.29) is 0 Å². The van der Waals surface area contributed by atoms with Crippen LogP contribution in [0.5, 0.6) is 0 Å². The summed E-state index contributed by atoms with van der Waals surface area (Å²) < 4.78 is 0. The van der Waals surface area contributed by atoms with Crippen molar-refractivity contribution in [2.75, 3.05) is 34.5 Å². The first-order valence-corrected chi connectivity index (χ1v) is 9.16. The van der Waals surface area contributed by atoms with Crippen molar-refractivity contribution in [3.05, 3.63) is 24.4 Å². The summed E-state index contributed by atoms with van der Waals surface area (Å²) in [6, 6.07) is 6.06. The van der Waals surface area contributed by atoms with Gasteiger partial charge in [-0.1, -0.05) is 6.07 Å². The van der Waals surface area contributed by atoms with Gasteiger partial charge in [0.05, 0.1) is 5.03 Å². The van der Waals surface area contributed by atoms with Crippen LogP contribution < -0.4 is 0 Å². The van der Waals surface area contributed by atoms with E-state index >= 15 is 0 Å². The molecule has 0 radical (unpaired) electrons. The predicted octanol–water partition coefficient (Wildman–Crippen LogP) is 3.57. The van der Waals surface area contributed by atoms with Gasteiger partial charge in [-0.3, -0.25) is 0 Å². The summed E-state index contributed by atoms with van der Waals surface area (Å²) in [5.41, 5.74) is 0. The first-order chi connectivity index (χ1) is 7.93. The molecule has 1 rings (SSSR count). The van der Waals surface area contributed by atoms with Crippen molar-refractivity contribution < 1.29 is 0 Å². The van der Waals surface area contributed by atoms with Crippen LogP contribution in [0.1, 0.15) is 0 Å². The van der Waals surface area contributed by atoms with Gasteiger partial charge in [-0.05, 0) is 17.9 Å². The van der Waals surface area contributed by atoms with Crippen molar-refractivity contribution in [2.24, 2.45) is 0 Å². The number of nitrogens with zero attached hydrogens (tertiary/aromatic N) is 1. The number of hydrogen-bond donors (Lipinski definition) is 1. The summed E-state index contributed by atoms with van der Waals surface area (Å²) in [4.78, 5) is 4.28. The molecule has 1 aromatic rings. The molecule has 0 spiro atoms. The van der Waals surface area contributed by atoms with E-state index in [0.717, 1.165) is 16.5 Å². The zero-order valence-corrected chi connectivity index (χ0v) is 12.5. The van der Waals surface area contributed by atoms with Crippen LogP contribution in [0, 0.1) is 0 Å². The molecular formula is C11H17NS4. The molecule has 0 atom stereocenters. The summed E-state index contributed by atoms with van der Waals surface area (Å²) >= 11 is 10.0. The summed E-state index contributed by atoms with van der Waals surface area (Å²) in [6.07, 6.45) is 1.85. The lowest BCUT2D eigenvalue weighted by atomic mass is 10.5. The lowest BCUT2D eigenvalue weighted by Crippen LogP contribution is -1.91. The van der Waals surface area contributed by atoms with Gasteiger partial charge in [0.25, 0.3) is 0 Å². The van der Waals surface area contributed by atoms with E-state index in [9.17, 15) is 0 Å². The Balaban J connectivity index is 1.89. The number of hydrogen-bond acceptors (Lipinski definition) is 5. The van der Waals surface area contributed by atoms with Crippen molar-refractivity contribution in [1.29, 1.82) is 0 Å². The van der Waals surface area contributed by atoms with Gasteiger partial charge in [0.15, 0.2) is 0 Å². The fraction of sp³-hybridized carbons (Fsp3) is 0.545. The average Bonchev–Trinajstić information content (AvgIpc) is 2.34. The van der Waals surface area contributed by atoms with Crippen molar-refractivity contribution >= 4 is 47.9 Å². The highest BCUT2D eigenvalue weighted by Gasteiger charge is 1.94. The lowest BCUT2D eigenvalue weighted by Gasteiger charge is -2.01. The summed E-state index contributed by atoms with van der Waals surface area (Å²) in [5, 5.41) is 1.13. The molecule has 0 amide bonds. The van der Waals surface area contributed by atoms with Crippen LogP contribution in [0.25, 0.3) is 0 Å². The number of thioether (sulfide) groups is 3. The van der Waals surface area contributed by atoms with E-state index in [1.165, 1.54) is 23.0 Å². The molecule has 16 heavy (non-hydrogen) atoms. The lowest BCUT2D eigenvalue weighted by molar-refractivity contribution is 1.13. The Kier molecular flexibility index (Phi) is 9.76. The zero-order chi connectivity index (χ0) is 11.5. The molecule has 0 N–H and O–H groups in total. The van der Waals surface area contributed by atoms with Crippen molar-refractivity contribution in [2.45, 2.75) is 5.03 Å². The van der Waals surface area contributed by atoms with Crippen LogP contribution in [0.3, 0.4) is 0 Å². The summed E-state index contributed by atoms with van der Waals surface area (Å²) in [7, 11) is 0. The molecule has 1 aromatic heterocycles. The topological polar surface area (TPSA) is 12.9 Å². The van der Waals surface area contributed by atoms with E-state index in [4.69, 9.17) is 0 Å². The highest BCUT2D eigenvalue weighted by Crippen LogP contribution is 2.16. The molecule has 5 heteroatoms. The van der Waals surface area contributed by atoms with Gasteiger partial charge in [-0.15, -0.1) is 11.8 Å². The second-order valence-corrected chi connectivity index (χ2v) is 6.98. The third-order valence-electron chi connectivity index (χ3n) is 1.72. The molecule has 0 unspecified atom stereocenters. The molecule has 0 aliphatic heterocycles. The van der Waals surface area contributed by atoms with Crippen LogP contribution in [-0.4, -0.2) is 39.5 Å². The Bertz CT molecular complexity index is 255. The second-order valence-electron chi connectivity index (χ2n) is 2.96. The van der Waals surface area contributed by atoms with Crippen LogP contribution >= 0.6 is 47.9 Å². The Morgan fingerprint density at radius 3 is 2.44 bits per heavy atom. The molecule has 1 nitrogen and oxygen atoms in total. The fourth-order valence-electron chi connectivity index (χ4n) is 1.02. The molecule has 0 aromatic carbocycles. The van der Waals surface area contributed by atoms with Gasteiger partial charge in [-0.2, -0.15) is 36.2 Å². The average molecular weight is 292 g/mol. The van der Waals surface area contributed by atoms with Crippen molar-refractivity contribution in [1.82, 2.24) is 4.98 Å². The normalized spacial score (nSPS) is 10.6. The Hall–Kier alpha value is 0.550. The second kappa shape index (κ2) is 10.7. The number of thiol groups is 1. The maximum atomic E-state index is 4.28. The summed E-state index contributed by atoms with van der Waals surface area (Å²) in [6.45, 7) is 0. The molecule has 0 bridgehead atoms. The van der Waals surface area contributed by atoms with Crippen LogP contribution in [0.2, 0.25) is 0 Å². The van der Waals surface area contributed by atoms with Gasteiger partial charge < -0.3 is 0 Å². The highest BCUT2D eigenvalue weighted by molar-refractivity contribution is 8.04. The van der Waals surface area contributed by atoms with Crippen LogP contribution in [-0.2, 0) is 0 Å². The van der Waals surface area contributed by atoms with Gasteiger partial charge in [0.2, 0.25) is 0 Å². The smallest absolute Gasteiger partial charge is 0.0960 e. The quantitative estimate of drug-likeness (QED) is 0.424. The molecule has 0 aliphatic carbocycles. The minimum atomic E-state index is 0.991. The minimum absolute atomic E-state index is 0.991. The molecule has 0 fully saturated rings. The van der Waals surface area contributed by atoms with E-state index in [1.807, 2.05) is 53.6 Å². The minimum Gasteiger partial charge on any atom is -0.250 e. The number of aromatic nitrogens is 1. The Labute approximate surface area is 116 Å². The maximum absolute atomic E-state index is 4.28. The third-order valence-corrected chi connectivity index (χ3v) is 5.68. The van der Waals surface area contributed by atoms with Gasteiger partial charge >= 0.3 is 0 Å². The van der Waals surface area contributed by atoms with E-state index in [1.54, 1.807) is 0 Å². The fourth-order valence-corrected chi connectivity index (χ4v) is 4.22. The zero-order valence-electron chi connectivity index (χ0n) is 9.17. The highest BCUT2D eigenvalue weighted by atomic mass is 32.2. The molecular weight excluding hydrogens is 274 g/mol. The largest absolute Gasteiger partial charge is 0.250 e. The third kappa shape index (κ3) is 7.76. The van der Waals surface area contributed by atoms with Crippen molar-refractivity contribution in [3.8, 4) is 0 Å². The van der Waals surface area contributed by atoms with Crippen LogP contribution in [0.4, 0.5) is 0 Å². The standard InChI is InChI=1S/C11H17NS4/c13-5-6-14-7-8-15-9-10-16-11-3-1-2-4-12-11/h1-4,13H,5-10H2. The SMILES string of the molecule is SCCSCCSCCSc1ccccn1. The number of rotatable bonds is 9. The predicted molar refractivity (Wildman–Crippen MR) is 83.5 cm³/mol. The van der Waals surface area contributed by atoms with E-state index in [2.05, 4.69) is 23.7 Å². The van der Waals surface area contributed by atoms with E-state index < -0.39 is 0 Å². The molecule has 0 saturated heterocycles. The first kappa shape index (κ1) is 14.6. The van der Waals surface area contributed by atoms with Crippen LogP contribution in [0.15, 0.2) is 29.4 Å². The monoisotopic (exact) mass is 291 g/mol. The van der Waals surface area contributed by atoms with Gasteiger partial charge in [-0.25, -0.2) is 4.98 Å². The van der Waals surface area contributed by atoms with E-state index in [0.29, 0.717) is 0 Å². The molecule has 0 aliphatic rings. The maximum Gasteiger partial charge on any atom is 0.0960 e. The summed E-state index contributed by atoms with van der Waals surface area (Å²) in [5.74, 6) is 7.03.